The maximum Gasteiger partial charge on any atom is 0.139 e. The molecule has 1 saturated carbocycles. The predicted octanol–water partition coefficient (Wildman–Crippen LogP) is 5.79. The second-order valence-electron chi connectivity index (χ2n) is 5.41. The van der Waals surface area contributed by atoms with Crippen LogP contribution < -0.4 is 0 Å². The fourth-order valence-corrected chi connectivity index (χ4v) is 4.85. The highest BCUT2D eigenvalue weighted by atomic mass is 79.9. The summed E-state index contributed by atoms with van der Waals surface area (Å²) in [5.74, 6) is -0.0456. The Hall–Kier alpha value is -0.0900. The first kappa shape index (κ1) is 15.3. The van der Waals surface area contributed by atoms with Gasteiger partial charge in [-0.3, -0.25) is 0 Å². The lowest BCUT2D eigenvalue weighted by atomic mass is 9.85. The number of benzene rings is 1. The van der Waals surface area contributed by atoms with E-state index < -0.39 is 11.6 Å². The first-order chi connectivity index (χ1) is 9.15. The van der Waals surface area contributed by atoms with Crippen molar-refractivity contribution in [1.29, 1.82) is 0 Å². The molecule has 0 aromatic heterocycles. The lowest BCUT2D eigenvalue weighted by Gasteiger charge is -2.30. The maximum atomic E-state index is 13.6. The van der Waals surface area contributed by atoms with Crippen molar-refractivity contribution in [3.8, 4) is 0 Å². The summed E-state index contributed by atoms with van der Waals surface area (Å²) in [6.45, 7) is 0. The van der Waals surface area contributed by atoms with E-state index >= 15 is 0 Å². The van der Waals surface area contributed by atoms with Crippen molar-refractivity contribution >= 4 is 27.7 Å². The monoisotopic (exact) mass is 348 g/mol. The summed E-state index contributed by atoms with van der Waals surface area (Å²) in [5, 5.41) is 0.968. The second kappa shape index (κ2) is 7.07. The van der Waals surface area contributed by atoms with Crippen LogP contribution in [0.3, 0.4) is 0 Å². The van der Waals surface area contributed by atoms with Gasteiger partial charge < -0.3 is 0 Å². The number of hydrogen-bond donors (Lipinski definition) is 0. The SMILES string of the molecule is Fc1ccc(SCC2(CBr)CCCCCC2)c(F)c1. The minimum atomic E-state index is -0.508. The molecule has 0 atom stereocenters. The van der Waals surface area contributed by atoms with Gasteiger partial charge >= 0.3 is 0 Å². The molecular formula is C15H19BrF2S. The molecule has 0 amide bonds. The molecule has 0 spiro atoms. The number of halogens is 3. The Morgan fingerprint density at radius 1 is 1.11 bits per heavy atom. The Bertz CT molecular complexity index is 415. The van der Waals surface area contributed by atoms with Crippen molar-refractivity contribution in [3.63, 3.8) is 0 Å². The fourth-order valence-electron chi connectivity index (χ4n) is 2.62. The van der Waals surface area contributed by atoms with Crippen LogP contribution in [0.1, 0.15) is 38.5 Å². The molecule has 0 heterocycles. The van der Waals surface area contributed by atoms with Crippen molar-refractivity contribution < 1.29 is 8.78 Å². The molecule has 0 aliphatic heterocycles. The van der Waals surface area contributed by atoms with Crippen LogP contribution in [-0.4, -0.2) is 11.1 Å². The average molecular weight is 349 g/mol. The van der Waals surface area contributed by atoms with E-state index in [1.807, 2.05) is 0 Å². The quantitative estimate of drug-likeness (QED) is 0.376. The van der Waals surface area contributed by atoms with Gasteiger partial charge in [0.05, 0.1) is 0 Å². The maximum absolute atomic E-state index is 13.6. The van der Waals surface area contributed by atoms with Crippen LogP contribution in [0.2, 0.25) is 0 Å². The lowest BCUT2D eigenvalue weighted by Crippen LogP contribution is -2.25. The van der Waals surface area contributed by atoms with E-state index in [2.05, 4.69) is 15.9 Å². The van der Waals surface area contributed by atoms with Gasteiger partial charge in [-0.15, -0.1) is 11.8 Å². The summed E-state index contributed by atoms with van der Waals surface area (Å²) in [5.41, 5.74) is 0.266. The summed E-state index contributed by atoms with van der Waals surface area (Å²) < 4.78 is 26.5. The number of rotatable bonds is 4. The Kier molecular flexibility index (Phi) is 5.70. The first-order valence-corrected chi connectivity index (χ1v) is 8.90. The van der Waals surface area contributed by atoms with Gasteiger partial charge in [0.25, 0.3) is 0 Å². The minimum absolute atomic E-state index is 0.266. The summed E-state index contributed by atoms with van der Waals surface area (Å²) in [6, 6.07) is 3.85. The zero-order valence-electron chi connectivity index (χ0n) is 10.9. The Morgan fingerprint density at radius 3 is 2.37 bits per heavy atom. The van der Waals surface area contributed by atoms with E-state index in [1.54, 1.807) is 6.07 Å². The van der Waals surface area contributed by atoms with E-state index in [0.717, 1.165) is 17.1 Å². The van der Waals surface area contributed by atoms with Crippen LogP contribution in [0, 0.1) is 17.0 Å². The van der Waals surface area contributed by atoms with E-state index in [1.165, 1.54) is 56.4 Å². The molecule has 1 aliphatic carbocycles. The molecule has 0 saturated heterocycles. The first-order valence-electron chi connectivity index (χ1n) is 6.79. The summed E-state index contributed by atoms with van der Waals surface area (Å²) in [6.07, 6.45) is 7.55. The van der Waals surface area contributed by atoms with Crippen LogP contribution in [0.25, 0.3) is 0 Å². The van der Waals surface area contributed by atoms with E-state index in [9.17, 15) is 8.78 Å². The van der Waals surface area contributed by atoms with Gasteiger partial charge in [-0.1, -0.05) is 41.6 Å². The number of hydrogen-bond acceptors (Lipinski definition) is 1. The second-order valence-corrected chi connectivity index (χ2v) is 6.99. The third kappa shape index (κ3) is 4.19. The molecule has 1 aromatic carbocycles. The van der Waals surface area contributed by atoms with Crippen LogP contribution in [0.15, 0.2) is 23.1 Å². The zero-order chi connectivity index (χ0) is 13.7. The highest BCUT2D eigenvalue weighted by Gasteiger charge is 2.30. The highest BCUT2D eigenvalue weighted by Crippen LogP contribution is 2.41. The molecule has 0 radical (unpaired) electrons. The average Bonchev–Trinajstić information content (AvgIpc) is 2.64. The number of alkyl halides is 1. The van der Waals surface area contributed by atoms with Crippen molar-refractivity contribution in [2.75, 3.05) is 11.1 Å². The van der Waals surface area contributed by atoms with Gasteiger partial charge in [0.1, 0.15) is 11.6 Å². The predicted molar refractivity (Wildman–Crippen MR) is 81.0 cm³/mol. The molecule has 1 aliphatic rings. The van der Waals surface area contributed by atoms with Crippen LogP contribution in [0.5, 0.6) is 0 Å². The van der Waals surface area contributed by atoms with Crippen molar-refractivity contribution in [3.05, 3.63) is 29.8 Å². The molecule has 4 heteroatoms. The van der Waals surface area contributed by atoms with E-state index in [0.29, 0.717) is 4.90 Å². The Balaban J connectivity index is 2.02. The van der Waals surface area contributed by atoms with Gasteiger partial charge in [-0.05, 0) is 30.4 Å². The van der Waals surface area contributed by atoms with Crippen molar-refractivity contribution in [1.82, 2.24) is 0 Å². The highest BCUT2D eigenvalue weighted by molar-refractivity contribution is 9.09. The Morgan fingerprint density at radius 2 is 1.79 bits per heavy atom. The van der Waals surface area contributed by atoms with E-state index in [4.69, 9.17) is 0 Å². The molecule has 0 bridgehead atoms. The standard InChI is InChI=1S/C15H19BrF2S/c16-10-15(7-3-1-2-4-8-15)11-19-14-6-5-12(17)9-13(14)18/h5-6,9H,1-4,7-8,10-11H2. The lowest BCUT2D eigenvalue weighted by molar-refractivity contribution is 0.334. The molecule has 0 nitrogen and oxygen atoms in total. The van der Waals surface area contributed by atoms with Crippen molar-refractivity contribution in [2.45, 2.75) is 43.4 Å². The normalized spacial score (nSPS) is 19.1. The van der Waals surface area contributed by atoms with E-state index in [-0.39, 0.29) is 5.41 Å². The third-order valence-corrected chi connectivity index (χ3v) is 6.46. The van der Waals surface area contributed by atoms with Crippen LogP contribution in [-0.2, 0) is 0 Å². The number of thioether (sulfide) groups is 1. The van der Waals surface area contributed by atoms with Crippen LogP contribution in [0.4, 0.5) is 8.78 Å². The van der Waals surface area contributed by atoms with Gasteiger partial charge in [-0.25, -0.2) is 8.78 Å². The topological polar surface area (TPSA) is 0 Å². The molecule has 1 fully saturated rings. The zero-order valence-corrected chi connectivity index (χ0v) is 13.3. The summed E-state index contributed by atoms with van der Waals surface area (Å²) >= 11 is 5.16. The fraction of sp³-hybridized carbons (Fsp3) is 0.600. The molecule has 2 rings (SSSR count). The molecule has 0 N–H and O–H groups in total. The molecule has 19 heavy (non-hydrogen) atoms. The molecule has 0 unspecified atom stereocenters. The smallest absolute Gasteiger partial charge is 0.139 e. The summed E-state index contributed by atoms with van der Waals surface area (Å²) in [4.78, 5) is 0.561. The minimum Gasteiger partial charge on any atom is -0.207 e. The van der Waals surface area contributed by atoms with Gasteiger partial charge in [0.15, 0.2) is 0 Å². The molecule has 1 aromatic rings. The Labute approximate surface area is 126 Å². The molecule has 106 valence electrons. The summed E-state index contributed by atoms with van der Waals surface area (Å²) in [7, 11) is 0. The van der Waals surface area contributed by atoms with Gasteiger partial charge in [-0.2, -0.15) is 0 Å². The van der Waals surface area contributed by atoms with Crippen LogP contribution >= 0.6 is 27.7 Å². The van der Waals surface area contributed by atoms with Gasteiger partial charge in [0, 0.05) is 22.0 Å². The third-order valence-electron chi connectivity index (χ3n) is 3.88. The molecular weight excluding hydrogens is 330 g/mol. The van der Waals surface area contributed by atoms with Gasteiger partial charge in [0.2, 0.25) is 0 Å². The largest absolute Gasteiger partial charge is 0.207 e. The van der Waals surface area contributed by atoms with Crippen molar-refractivity contribution in [2.24, 2.45) is 5.41 Å².